The third-order valence-electron chi connectivity index (χ3n) is 0.354. The van der Waals surface area contributed by atoms with Gasteiger partial charge in [0.2, 0.25) is 0 Å². The molecule has 0 saturated carbocycles. The van der Waals surface area contributed by atoms with E-state index < -0.39 is 0 Å². The van der Waals surface area contributed by atoms with Crippen LogP contribution >= 0.6 is 0 Å². The second-order valence-electron chi connectivity index (χ2n) is 0.854. The second-order valence-corrected chi connectivity index (χ2v) is 0.854. The molecule has 5 heavy (non-hydrogen) atoms. The van der Waals surface area contributed by atoms with Gasteiger partial charge in [-0.15, -0.1) is 0 Å². The van der Waals surface area contributed by atoms with Crippen LogP contribution in [-0.2, 0) is 0 Å². The molecule has 2 heteroatoms. The van der Waals surface area contributed by atoms with Crippen molar-refractivity contribution in [3.8, 4) is 0 Å². The highest BCUT2D eigenvalue weighted by Crippen LogP contribution is 1.65. The van der Waals surface area contributed by atoms with Crippen LogP contribution in [0, 0.1) is 0 Å². The van der Waals surface area contributed by atoms with Crippen LogP contribution in [0.2, 0.25) is 0 Å². The first-order valence-corrected chi connectivity index (χ1v) is 1.71. The van der Waals surface area contributed by atoms with Gasteiger partial charge in [-0.05, 0) is 0 Å². The molecule has 0 aromatic rings. The summed E-state index contributed by atoms with van der Waals surface area (Å²) in [6, 6.07) is 0. The van der Waals surface area contributed by atoms with Crippen LogP contribution in [0.4, 0.5) is 0 Å². The van der Waals surface area contributed by atoms with Gasteiger partial charge < -0.3 is 10.2 Å². The molecule has 0 heterocycles. The van der Waals surface area contributed by atoms with Crippen molar-refractivity contribution in [1.29, 1.82) is 0 Å². The summed E-state index contributed by atoms with van der Waals surface area (Å²) in [5, 5.41) is 13.0. The quantitative estimate of drug-likeness (QED) is 0.373. The number of hydrogen-bond acceptors (Lipinski definition) is 0. The predicted molar refractivity (Wildman–Crippen MR) is 21.6 cm³/mol. The third-order valence-corrected chi connectivity index (χ3v) is 0.354. The normalized spacial score (nSPS) is 8.40. The van der Waals surface area contributed by atoms with E-state index in [0.717, 1.165) is 6.42 Å². The van der Waals surface area contributed by atoms with Gasteiger partial charge in [-0.25, -0.2) is 0 Å². The first kappa shape index (κ1) is 4.92. The van der Waals surface area contributed by atoms with Gasteiger partial charge in [0.15, 0.2) is 13.2 Å². The molecule has 0 atom stereocenters. The fourth-order valence-corrected chi connectivity index (χ4v) is 0.0884. The van der Waals surface area contributed by atoms with E-state index in [1.54, 1.807) is 0 Å². The van der Waals surface area contributed by atoms with Crippen molar-refractivity contribution in [3.05, 3.63) is 0 Å². The van der Waals surface area contributed by atoms with Crippen molar-refractivity contribution in [2.24, 2.45) is 0 Å². The Kier molecular flexibility index (Phi) is 3.86. The first-order chi connectivity index (χ1) is 2.41. The van der Waals surface area contributed by atoms with Gasteiger partial charge in [-0.3, -0.25) is 0 Å². The maximum absolute atomic E-state index is 6.48. The fourth-order valence-electron chi connectivity index (χ4n) is 0.0884. The summed E-state index contributed by atoms with van der Waals surface area (Å²) in [5.41, 5.74) is 0. The largest absolute Gasteiger partial charge is 0.445 e. The minimum Gasteiger partial charge on any atom is -0.445 e. The van der Waals surface area contributed by atoms with Crippen LogP contribution in [0.1, 0.15) is 6.42 Å². The van der Waals surface area contributed by atoms with E-state index in [9.17, 15) is 0 Å². The van der Waals surface area contributed by atoms with E-state index in [-0.39, 0.29) is 0 Å². The molecule has 4 N–H and O–H groups in total. The Morgan fingerprint density at radius 3 is 1.40 bits per heavy atom. The maximum atomic E-state index is 6.48. The lowest BCUT2D eigenvalue weighted by atomic mass is 10.5. The average molecular weight is 78.1 g/mol. The SMILES string of the molecule is [OH2+]CCC[OH2+]. The first-order valence-electron chi connectivity index (χ1n) is 1.71. The van der Waals surface area contributed by atoms with Gasteiger partial charge >= 0.3 is 0 Å². The van der Waals surface area contributed by atoms with Crippen molar-refractivity contribution in [2.45, 2.75) is 6.42 Å². The smallest absolute Gasteiger partial charge is 0.151 e. The van der Waals surface area contributed by atoms with Gasteiger partial charge in [0.25, 0.3) is 0 Å². The Morgan fingerprint density at radius 1 is 1.00 bits per heavy atom. The molecule has 0 rings (SSSR count). The van der Waals surface area contributed by atoms with Crippen molar-refractivity contribution in [2.75, 3.05) is 13.2 Å². The summed E-state index contributed by atoms with van der Waals surface area (Å²) >= 11 is 0. The van der Waals surface area contributed by atoms with Crippen LogP contribution in [0.3, 0.4) is 0 Å². The molecule has 0 radical (unpaired) electrons. The number of rotatable bonds is 2. The molecule has 32 valence electrons. The van der Waals surface area contributed by atoms with Crippen LogP contribution in [0.15, 0.2) is 0 Å². The van der Waals surface area contributed by atoms with Crippen molar-refractivity contribution in [1.82, 2.24) is 0 Å². The molecule has 0 fully saturated rings. The van der Waals surface area contributed by atoms with Gasteiger partial charge in [-0.1, -0.05) is 0 Å². The molecular weight excluding hydrogens is 68.0 g/mol. The lowest BCUT2D eigenvalue weighted by Crippen LogP contribution is -1.85. The van der Waals surface area contributed by atoms with Gasteiger partial charge in [0.05, 0.1) is 6.42 Å². The molecule has 0 spiro atoms. The van der Waals surface area contributed by atoms with Crippen LogP contribution in [0.5, 0.6) is 0 Å². The standard InChI is InChI=1S/C3H8O2/c4-2-1-3-5/h4-5H,1-3H2/p+2. The summed E-state index contributed by atoms with van der Waals surface area (Å²) in [5.74, 6) is 0. The van der Waals surface area contributed by atoms with E-state index in [2.05, 4.69) is 0 Å². The lowest BCUT2D eigenvalue weighted by molar-refractivity contribution is 0.221. The summed E-state index contributed by atoms with van der Waals surface area (Å²) in [6.45, 7) is 0.812. The van der Waals surface area contributed by atoms with E-state index in [4.69, 9.17) is 10.2 Å². The fraction of sp³-hybridized carbons (Fsp3) is 1.00. The molecule has 0 aromatic heterocycles. The molecule has 0 saturated heterocycles. The van der Waals surface area contributed by atoms with Crippen LogP contribution < -0.4 is 0 Å². The molecule has 0 unspecified atom stereocenters. The summed E-state index contributed by atoms with van der Waals surface area (Å²) in [4.78, 5) is 0. The van der Waals surface area contributed by atoms with Crippen molar-refractivity contribution >= 4 is 0 Å². The second kappa shape index (κ2) is 3.92. The van der Waals surface area contributed by atoms with Crippen molar-refractivity contribution in [3.63, 3.8) is 0 Å². The highest BCUT2D eigenvalue weighted by atomic mass is 16.3. The minimum atomic E-state index is 0.406. The molecule has 0 aliphatic rings. The summed E-state index contributed by atoms with van der Waals surface area (Å²) in [6.07, 6.45) is 0.722. The van der Waals surface area contributed by atoms with Crippen molar-refractivity contribution < 1.29 is 10.2 Å². The highest BCUT2D eigenvalue weighted by molar-refractivity contribution is 4.22. The van der Waals surface area contributed by atoms with E-state index in [0.29, 0.717) is 13.2 Å². The maximum Gasteiger partial charge on any atom is 0.151 e. The monoisotopic (exact) mass is 78.1 g/mol. The lowest BCUT2D eigenvalue weighted by Gasteiger charge is -1.73. The molecule has 0 aliphatic carbocycles. The molecule has 0 amide bonds. The molecule has 0 aliphatic heterocycles. The predicted octanol–water partition coefficient (Wildman–Crippen LogP) is -1.17. The van der Waals surface area contributed by atoms with Gasteiger partial charge in [0.1, 0.15) is 0 Å². The molecular formula is C3H10O2+2. The van der Waals surface area contributed by atoms with E-state index >= 15 is 0 Å². The Hall–Kier alpha value is -0.0800. The zero-order valence-electron chi connectivity index (χ0n) is 3.12. The third kappa shape index (κ3) is 3.92. The van der Waals surface area contributed by atoms with Crippen LogP contribution in [-0.4, -0.2) is 23.4 Å². The molecule has 0 aromatic carbocycles. The van der Waals surface area contributed by atoms with E-state index in [1.165, 1.54) is 0 Å². The van der Waals surface area contributed by atoms with E-state index in [1.807, 2.05) is 0 Å². The summed E-state index contributed by atoms with van der Waals surface area (Å²) < 4.78 is 0. The van der Waals surface area contributed by atoms with Gasteiger partial charge in [-0.2, -0.15) is 0 Å². The summed E-state index contributed by atoms with van der Waals surface area (Å²) in [7, 11) is 0. The topological polar surface area (TPSA) is 45.8 Å². The van der Waals surface area contributed by atoms with Crippen LogP contribution in [0.25, 0.3) is 0 Å². The zero-order chi connectivity index (χ0) is 4.12. The Balaban J connectivity index is 2.19. The minimum absolute atomic E-state index is 0.406. The Morgan fingerprint density at radius 2 is 1.40 bits per heavy atom. The number of hydrogen-bond donors (Lipinski definition) is 0. The molecule has 0 bridgehead atoms. The highest BCUT2D eigenvalue weighted by Gasteiger charge is 1.78. The Bertz CT molecular complexity index is 12.4. The zero-order valence-corrected chi connectivity index (χ0v) is 3.12. The Labute approximate surface area is 31.1 Å². The molecule has 2 nitrogen and oxygen atoms in total. The van der Waals surface area contributed by atoms with Gasteiger partial charge in [0, 0.05) is 0 Å². The average Bonchev–Trinajstić information content (AvgIpc) is 1.41.